The first-order valence-corrected chi connectivity index (χ1v) is 11.8. The Balaban J connectivity index is 1.78. The van der Waals surface area contributed by atoms with Crippen molar-refractivity contribution >= 4 is 18.9 Å². The maximum Gasteiger partial charge on any atom is 0.384 e. The van der Waals surface area contributed by atoms with E-state index in [1.54, 1.807) is 21.3 Å². The van der Waals surface area contributed by atoms with Gasteiger partial charge in [-0.1, -0.05) is 18.2 Å². The molecule has 3 aromatic rings. The molecule has 0 aliphatic rings. The Hall–Kier alpha value is -3.00. The van der Waals surface area contributed by atoms with Gasteiger partial charge in [0.1, 0.15) is 5.75 Å². The zero-order valence-corrected chi connectivity index (χ0v) is 20.3. The van der Waals surface area contributed by atoms with Crippen LogP contribution in [0.1, 0.15) is 17.0 Å². The lowest BCUT2D eigenvalue weighted by molar-refractivity contribution is 0.286. The summed E-state index contributed by atoms with van der Waals surface area (Å²) in [6.45, 7) is 0.493. The second-order valence-corrected chi connectivity index (χ2v) is 9.16. The van der Waals surface area contributed by atoms with E-state index < -0.39 is 7.60 Å². The summed E-state index contributed by atoms with van der Waals surface area (Å²) in [4.78, 5) is 4.43. The zero-order chi connectivity index (χ0) is 23.8. The molecule has 0 bridgehead atoms. The van der Waals surface area contributed by atoms with Gasteiger partial charge in [0.25, 0.3) is 0 Å². The van der Waals surface area contributed by atoms with Crippen LogP contribution in [0.2, 0.25) is 0 Å². The number of anilines is 1. The normalized spacial score (nSPS) is 11.3. The van der Waals surface area contributed by atoms with Gasteiger partial charge in [-0.25, -0.2) is 4.98 Å². The fourth-order valence-corrected chi connectivity index (χ4v) is 4.36. The van der Waals surface area contributed by atoms with E-state index in [2.05, 4.69) is 10.3 Å². The zero-order valence-electron chi connectivity index (χ0n) is 19.4. The third-order valence-electron chi connectivity index (χ3n) is 5.06. The van der Waals surface area contributed by atoms with Crippen molar-refractivity contribution in [3.05, 3.63) is 59.5 Å². The molecule has 0 saturated heterocycles. The fourth-order valence-electron chi connectivity index (χ4n) is 3.25. The van der Waals surface area contributed by atoms with E-state index in [4.69, 9.17) is 27.7 Å². The molecule has 0 fully saturated rings. The van der Waals surface area contributed by atoms with Gasteiger partial charge >= 0.3 is 7.60 Å². The molecule has 0 amide bonds. The van der Waals surface area contributed by atoms with Gasteiger partial charge in [0.2, 0.25) is 17.2 Å². The van der Waals surface area contributed by atoms with Crippen molar-refractivity contribution in [1.82, 2.24) is 4.98 Å². The number of ether oxygens (including phenoxy) is 3. The largest absolute Gasteiger partial charge is 0.497 e. The lowest BCUT2D eigenvalue weighted by Crippen LogP contribution is -2.16. The molecule has 3 rings (SSSR count). The number of aromatic nitrogens is 1. The molecular formula is C23H29N2O7P. The topological polar surface area (TPSA) is 101 Å². The van der Waals surface area contributed by atoms with Gasteiger partial charge in [0.15, 0.2) is 11.5 Å². The van der Waals surface area contributed by atoms with Gasteiger partial charge in [-0.2, -0.15) is 0 Å². The first kappa shape index (κ1) is 24.6. The van der Waals surface area contributed by atoms with E-state index in [9.17, 15) is 4.57 Å². The summed E-state index contributed by atoms with van der Waals surface area (Å²) in [6.07, 6.45) is 1.06. The summed E-state index contributed by atoms with van der Waals surface area (Å²) in [5.74, 6) is 2.72. The number of nitrogens with one attached hydrogen (secondary N) is 1. The minimum Gasteiger partial charge on any atom is -0.497 e. The number of rotatable bonds is 12. The van der Waals surface area contributed by atoms with Crippen LogP contribution in [-0.4, -0.2) is 47.1 Å². The third kappa shape index (κ3) is 5.87. The lowest BCUT2D eigenvalue weighted by atomic mass is 10.1. The van der Waals surface area contributed by atoms with Crippen molar-refractivity contribution in [1.29, 1.82) is 0 Å². The summed E-state index contributed by atoms with van der Waals surface area (Å²) in [5, 5.41) is 3.17. The van der Waals surface area contributed by atoms with Crippen LogP contribution in [0.25, 0.3) is 0 Å². The molecular weight excluding hydrogens is 447 g/mol. The molecule has 1 aromatic heterocycles. The molecule has 178 valence electrons. The number of oxazole rings is 1. The van der Waals surface area contributed by atoms with Crippen LogP contribution in [0.3, 0.4) is 0 Å². The number of methoxy groups -OCH3 is 3. The molecule has 0 aliphatic heterocycles. The average Bonchev–Trinajstić information content (AvgIpc) is 3.26. The molecule has 0 unspecified atom stereocenters. The van der Waals surface area contributed by atoms with Crippen LogP contribution in [0.5, 0.6) is 17.2 Å². The standard InChI is InChI=1S/C23H29N2O7P/c1-27-18-9-6-16(7-10-18)15-21-25-23(33(26,30-4)31-5)22(32-21)24-13-12-17-8-11-19(28-2)20(14-17)29-3/h6-11,14,24H,12-13,15H2,1-5H3. The van der Waals surface area contributed by atoms with E-state index in [1.807, 2.05) is 42.5 Å². The van der Waals surface area contributed by atoms with Gasteiger partial charge in [-0.15, -0.1) is 0 Å². The summed E-state index contributed by atoms with van der Waals surface area (Å²) in [6, 6.07) is 13.3. The summed E-state index contributed by atoms with van der Waals surface area (Å²) < 4.78 is 45.1. The minimum atomic E-state index is -3.63. The Labute approximate surface area is 193 Å². The molecule has 10 heteroatoms. The number of hydrogen-bond acceptors (Lipinski definition) is 9. The average molecular weight is 476 g/mol. The number of hydrogen-bond donors (Lipinski definition) is 1. The smallest absolute Gasteiger partial charge is 0.384 e. The highest BCUT2D eigenvalue weighted by atomic mass is 31.2. The van der Waals surface area contributed by atoms with Gasteiger partial charge in [0, 0.05) is 27.2 Å². The number of nitrogens with zero attached hydrogens (tertiary/aromatic N) is 1. The van der Waals surface area contributed by atoms with Crippen molar-refractivity contribution in [3.8, 4) is 17.2 Å². The summed E-state index contributed by atoms with van der Waals surface area (Å²) >= 11 is 0. The Kier molecular flexibility index (Phi) is 8.38. The molecule has 0 spiro atoms. The van der Waals surface area contributed by atoms with Gasteiger partial charge in [0.05, 0.1) is 21.3 Å². The van der Waals surface area contributed by atoms with Gasteiger partial charge in [-0.05, 0) is 41.8 Å². The van der Waals surface area contributed by atoms with Crippen molar-refractivity contribution in [2.24, 2.45) is 0 Å². The van der Waals surface area contributed by atoms with Crippen LogP contribution < -0.4 is 25.0 Å². The highest BCUT2D eigenvalue weighted by Crippen LogP contribution is 2.47. The molecule has 0 aliphatic carbocycles. The predicted octanol–water partition coefficient (Wildman–Crippen LogP) is 4.06. The van der Waals surface area contributed by atoms with Crippen LogP contribution in [0.15, 0.2) is 46.9 Å². The van der Waals surface area contributed by atoms with Gasteiger partial charge in [-0.3, -0.25) is 4.57 Å². The molecule has 0 radical (unpaired) electrons. The van der Waals surface area contributed by atoms with Crippen LogP contribution >= 0.6 is 7.60 Å². The first-order chi connectivity index (χ1) is 16.0. The van der Waals surface area contributed by atoms with E-state index in [1.165, 1.54) is 14.2 Å². The maximum absolute atomic E-state index is 13.1. The lowest BCUT2D eigenvalue weighted by Gasteiger charge is -2.13. The molecule has 1 N–H and O–H groups in total. The summed E-state index contributed by atoms with van der Waals surface area (Å²) in [5.41, 5.74) is 2.11. The monoisotopic (exact) mass is 476 g/mol. The fraction of sp³-hybridized carbons (Fsp3) is 0.348. The molecule has 0 atom stereocenters. The maximum atomic E-state index is 13.1. The SMILES string of the molecule is COc1ccc(Cc2nc(P(=O)(OC)OC)c(NCCc3ccc(OC)c(OC)c3)o2)cc1. The molecule has 1 heterocycles. The Morgan fingerprint density at radius 3 is 2.15 bits per heavy atom. The van der Waals surface area contributed by atoms with Crippen molar-refractivity contribution in [2.75, 3.05) is 47.4 Å². The first-order valence-electron chi connectivity index (χ1n) is 10.3. The van der Waals surface area contributed by atoms with E-state index in [-0.39, 0.29) is 11.3 Å². The van der Waals surface area contributed by atoms with Crippen LogP contribution in [-0.2, 0) is 26.5 Å². The van der Waals surface area contributed by atoms with Crippen LogP contribution in [0.4, 0.5) is 5.88 Å². The predicted molar refractivity (Wildman–Crippen MR) is 125 cm³/mol. The van der Waals surface area contributed by atoms with Gasteiger partial charge < -0.3 is 33.0 Å². The highest BCUT2D eigenvalue weighted by Gasteiger charge is 2.34. The van der Waals surface area contributed by atoms with Crippen molar-refractivity contribution in [3.63, 3.8) is 0 Å². The van der Waals surface area contributed by atoms with E-state index in [0.29, 0.717) is 36.8 Å². The van der Waals surface area contributed by atoms with Crippen molar-refractivity contribution in [2.45, 2.75) is 12.8 Å². The van der Waals surface area contributed by atoms with Crippen molar-refractivity contribution < 1.29 is 32.2 Å². The van der Waals surface area contributed by atoms with Crippen LogP contribution in [0, 0.1) is 0 Å². The Morgan fingerprint density at radius 1 is 0.879 bits per heavy atom. The van der Waals surface area contributed by atoms with E-state index in [0.717, 1.165) is 16.9 Å². The molecule has 2 aromatic carbocycles. The summed E-state index contributed by atoms with van der Waals surface area (Å²) in [7, 11) is 3.81. The number of benzene rings is 2. The van der Waals surface area contributed by atoms with E-state index >= 15 is 0 Å². The Bertz CT molecular complexity index is 1090. The molecule has 0 saturated carbocycles. The highest BCUT2D eigenvalue weighted by molar-refractivity contribution is 7.62. The quantitative estimate of drug-likeness (QED) is 0.388. The molecule has 33 heavy (non-hydrogen) atoms. The minimum absolute atomic E-state index is 0.114. The second-order valence-electron chi connectivity index (χ2n) is 7.01. The molecule has 9 nitrogen and oxygen atoms in total. The third-order valence-corrected chi connectivity index (χ3v) is 6.84. The second kappa shape index (κ2) is 11.2. The Morgan fingerprint density at radius 2 is 1.55 bits per heavy atom.